The van der Waals surface area contributed by atoms with Gasteiger partial charge in [0.25, 0.3) is 0 Å². The van der Waals surface area contributed by atoms with Crippen LogP contribution in [0, 0.1) is 23.3 Å². The van der Waals surface area contributed by atoms with Crippen molar-refractivity contribution in [2.75, 3.05) is 14.2 Å². The smallest absolute Gasteiger partial charge is 0.207 e. The largest absolute Gasteiger partial charge is 0.491 e. The summed E-state index contributed by atoms with van der Waals surface area (Å²) >= 11 is 0. The summed E-state index contributed by atoms with van der Waals surface area (Å²) in [7, 11) is 1.79. The van der Waals surface area contributed by atoms with Crippen molar-refractivity contribution in [2.45, 2.75) is 0 Å². The molecule has 14 heavy (non-hydrogen) atoms. The molecule has 0 heterocycles. The van der Waals surface area contributed by atoms with Crippen LogP contribution in [-0.4, -0.2) is 14.2 Å². The highest BCUT2D eigenvalue weighted by Crippen LogP contribution is 2.33. The van der Waals surface area contributed by atoms with Crippen LogP contribution in [0.3, 0.4) is 0 Å². The minimum Gasteiger partial charge on any atom is -0.491 e. The molecule has 0 aliphatic carbocycles. The Hall–Kier alpha value is -1.46. The van der Waals surface area contributed by atoms with Crippen LogP contribution >= 0.6 is 0 Å². The van der Waals surface area contributed by atoms with E-state index < -0.39 is 34.8 Å². The third-order valence-corrected chi connectivity index (χ3v) is 1.59. The van der Waals surface area contributed by atoms with Crippen LogP contribution in [0.2, 0.25) is 0 Å². The van der Waals surface area contributed by atoms with Gasteiger partial charge in [-0.3, -0.25) is 0 Å². The van der Waals surface area contributed by atoms with Crippen LogP contribution in [0.25, 0.3) is 0 Å². The molecule has 1 aromatic rings. The Labute approximate surface area is 77.1 Å². The summed E-state index contributed by atoms with van der Waals surface area (Å²) in [5, 5.41) is 0. The zero-order valence-electron chi connectivity index (χ0n) is 7.33. The van der Waals surface area contributed by atoms with Crippen molar-refractivity contribution in [1.29, 1.82) is 0 Å². The summed E-state index contributed by atoms with van der Waals surface area (Å²) in [5.41, 5.74) is 0. The molecule has 1 rings (SSSR count). The molecule has 0 spiro atoms. The molecule has 0 unspecified atom stereocenters. The second kappa shape index (κ2) is 3.73. The van der Waals surface area contributed by atoms with Crippen molar-refractivity contribution >= 4 is 0 Å². The lowest BCUT2D eigenvalue weighted by Crippen LogP contribution is -2.03. The van der Waals surface area contributed by atoms with Crippen molar-refractivity contribution < 1.29 is 27.0 Å². The lowest BCUT2D eigenvalue weighted by Gasteiger charge is -2.09. The molecule has 0 atom stereocenters. The molecular formula is C8H6F4O2. The Morgan fingerprint density at radius 2 is 0.857 bits per heavy atom. The van der Waals surface area contributed by atoms with Gasteiger partial charge in [0.1, 0.15) is 0 Å². The van der Waals surface area contributed by atoms with Gasteiger partial charge in [0, 0.05) is 0 Å². The fourth-order valence-electron chi connectivity index (χ4n) is 0.950. The zero-order chi connectivity index (χ0) is 10.9. The molecule has 0 saturated carbocycles. The predicted octanol–water partition coefficient (Wildman–Crippen LogP) is 2.26. The van der Waals surface area contributed by atoms with E-state index in [1.54, 1.807) is 0 Å². The first-order chi connectivity index (χ1) is 6.54. The highest BCUT2D eigenvalue weighted by Gasteiger charge is 2.26. The quantitative estimate of drug-likeness (QED) is 0.550. The molecule has 0 fully saturated rings. The number of rotatable bonds is 2. The summed E-state index contributed by atoms with van der Waals surface area (Å²) in [4.78, 5) is 0. The number of hydrogen-bond donors (Lipinski definition) is 0. The van der Waals surface area contributed by atoms with Crippen molar-refractivity contribution in [3.8, 4) is 11.5 Å². The first-order valence-electron chi connectivity index (χ1n) is 3.48. The SMILES string of the molecule is COc1c(F)c(F)c(OC)c(F)c1F. The Kier molecular flexibility index (Phi) is 2.83. The zero-order valence-corrected chi connectivity index (χ0v) is 7.33. The highest BCUT2D eigenvalue weighted by atomic mass is 19.2. The van der Waals surface area contributed by atoms with E-state index in [2.05, 4.69) is 9.47 Å². The third-order valence-electron chi connectivity index (χ3n) is 1.59. The maximum absolute atomic E-state index is 12.9. The molecule has 0 aliphatic rings. The number of benzene rings is 1. The minimum absolute atomic E-state index is 0.896. The lowest BCUT2D eigenvalue weighted by molar-refractivity contribution is 0.298. The van der Waals surface area contributed by atoms with Crippen LogP contribution in [0.15, 0.2) is 0 Å². The van der Waals surface area contributed by atoms with Crippen molar-refractivity contribution in [3.05, 3.63) is 23.3 Å². The van der Waals surface area contributed by atoms with Gasteiger partial charge < -0.3 is 9.47 Å². The molecular weight excluding hydrogens is 204 g/mol. The maximum Gasteiger partial charge on any atom is 0.207 e. The molecule has 0 bridgehead atoms. The molecule has 78 valence electrons. The topological polar surface area (TPSA) is 18.5 Å². The van der Waals surface area contributed by atoms with E-state index in [4.69, 9.17) is 0 Å². The fourth-order valence-corrected chi connectivity index (χ4v) is 0.950. The van der Waals surface area contributed by atoms with Gasteiger partial charge in [-0.25, -0.2) is 0 Å². The van der Waals surface area contributed by atoms with Crippen molar-refractivity contribution in [2.24, 2.45) is 0 Å². The fraction of sp³-hybridized carbons (Fsp3) is 0.250. The van der Waals surface area contributed by atoms with E-state index in [1.807, 2.05) is 0 Å². The summed E-state index contributed by atoms with van der Waals surface area (Å²) in [6.45, 7) is 0. The Morgan fingerprint density at radius 3 is 1.00 bits per heavy atom. The monoisotopic (exact) mass is 210 g/mol. The van der Waals surface area contributed by atoms with E-state index in [1.165, 1.54) is 0 Å². The molecule has 0 saturated heterocycles. The summed E-state index contributed by atoms with van der Waals surface area (Å²) in [5.74, 6) is -8.71. The van der Waals surface area contributed by atoms with Crippen molar-refractivity contribution in [1.82, 2.24) is 0 Å². The maximum atomic E-state index is 12.9. The number of ether oxygens (including phenoxy) is 2. The van der Waals surface area contributed by atoms with Crippen LogP contribution in [-0.2, 0) is 0 Å². The Morgan fingerprint density at radius 1 is 0.643 bits per heavy atom. The normalized spacial score (nSPS) is 10.1. The molecule has 1 aromatic carbocycles. The molecule has 0 aromatic heterocycles. The minimum atomic E-state index is -1.62. The molecule has 0 aliphatic heterocycles. The second-order valence-electron chi connectivity index (χ2n) is 2.32. The van der Waals surface area contributed by atoms with Crippen LogP contribution in [0.5, 0.6) is 11.5 Å². The van der Waals surface area contributed by atoms with E-state index in [0.717, 1.165) is 14.2 Å². The van der Waals surface area contributed by atoms with Gasteiger partial charge in [-0.15, -0.1) is 0 Å². The third kappa shape index (κ3) is 1.36. The first-order valence-corrected chi connectivity index (χ1v) is 3.48. The van der Waals surface area contributed by atoms with Crippen LogP contribution in [0.1, 0.15) is 0 Å². The van der Waals surface area contributed by atoms with Gasteiger partial charge in [0.2, 0.25) is 23.3 Å². The van der Waals surface area contributed by atoms with E-state index in [9.17, 15) is 17.6 Å². The average Bonchev–Trinajstić information content (AvgIpc) is 2.17. The Balaban J connectivity index is 3.55. The predicted molar refractivity (Wildman–Crippen MR) is 39.4 cm³/mol. The van der Waals surface area contributed by atoms with Gasteiger partial charge in [-0.05, 0) is 0 Å². The summed E-state index contributed by atoms with van der Waals surface area (Å²) in [6.07, 6.45) is 0. The van der Waals surface area contributed by atoms with Gasteiger partial charge in [0.05, 0.1) is 14.2 Å². The van der Waals surface area contributed by atoms with E-state index in [0.29, 0.717) is 0 Å². The molecule has 6 heteroatoms. The first kappa shape index (κ1) is 10.6. The van der Waals surface area contributed by atoms with E-state index >= 15 is 0 Å². The van der Waals surface area contributed by atoms with E-state index in [-0.39, 0.29) is 0 Å². The number of halogens is 4. The lowest BCUT2D eigenvalue weighted by atomic mass is 10.2. The molecule has 0 amide bonds. The summed E-state index contributed by atoms with van der Waals surface area (Å²) in [6, 6.07) is 0. The van der Waals surface area contributed by atoms with Gasteiger partial charge >= 0.3 is 0 Å². The number of hydrogen-bond acceptors (Lipinski definition) is 2. The summed E-state index contributed by atoms with van der Waals surface area (Å²) < 4.78 is 59.9. The van der Waals surface area contributed by atoms with Crippen molar-refractivity contribution in [3.63, 3.8) is 0 Å². The molecule has 0 radical (unpaired) electrons. The number of methoxy groups -OCH3 is 2. The second-order valence-corrected chi connectivity index (χ2v) is 2.32. The van der Waals surface area contributed by atoms with Gasteiger partial charge in [-0.1, -0.05) is 0 Å². The Bertz CT molecular complexity index is 301. The van der Waals surface area contributed by atoms with Gasteiger partial charge in [0.15, 0.2) is 11.5 Å². The average molecular weight is 210 g/mol. The van der Waals surface area contributed by atoms with Gasteiger partial charge in [-0.2, -0.15) is 17.6 Å². The molecule has 2 nitrogen and oxygen atoms in total. The van der Waals surface area contributed by atoms with Crippen LogP contribution in [0.4, 0.5) is 17.6 Å². The standard InChI is InChI=1S/C8H6F4O2/c1-13-7-3(9)5(11)8(14-2)6(12)4(7)10/h1-2H3. The highest BCUT2D eigenvalue weighted by molar-refractivity contribution is 5.38. The molecule has 0 N–H and O–H groups in total. The van der Waals surface area contributed by atoms with Crippen LogP contribution < -0.4 is 9.47 Å².